The molecule has 0 radical (unpaired) electrons. The Balaban J connectivity index is 1.50. The van der Waals surface area contributed by atoms with Gasteiger partial charge in [-0.3, -0.25) is 4.79 Å². The minimum Gasteiger partial charge on any atom is -0.489 e. The molecule has 2 aromatic carbocycles. The van der Waals surface area contributed by atoms with Gasteiger partial charge in [0.2, 0.25) is 0 Å². The second-order valence-corrected chi connectivity index (χ2v) is 8.57. The van der Waals surface area contributed by atoms with E-state index in [9.17, 15) is 9.18 Å². The van der Waals surface area contributed by atoms with Crippen LogP contribution in [-0.4, -0.2) is 29.1 Å². The number of fused-ring (bicyclic) bond motifs is 1. The summed E-state index contributed by atoms with van der Waals surface area (Å²) in [5.41, 5.74) is 9.01. The monoisotopic (exact) mass is 481 g/mol. The number of hydrogen-bond acceptors (Lipinski definition) is 7. The SMILES string of the molecule is Cc1cc(OCc2cccc(F)c2)cc(OCc2csc3c(C(=O)NCCO)cnc(N)c23)c1. The number of aryl methyl sites for hydroxylation is 1. The molecule has 2 aromatic heterocycles. The van der Waals surface area contributed by atoms with Gasteiger partial charge in [-0.2, -0.15) is 0 Å². The number of halogens is 1. The van der Waals surface area contributed by atoms with Crippen molar-refractivity contribution in [2.75, 3.05) is 18.9 Å². The molecule has 0 saturated carbocycles. The van der Waals surface area contributed by atoms with Crippen molar-refractivity contribution in [2.45, 2.75) is 20.1 Å². The van der Waals surface area contributed by atoms with Gasteiger partial charge in [-0.15, -0.1) is 11.3 Å². The van der Waals surface area contributed by atoms with E-state index in [4.69, 9.17) is 20.3 Å². The third-order valence-electron chi connectivity index (χ3n) is 5.06. The Labute approximate surface area is 200 Å². The molecule has 7 nitrogen and oxygen atoms in total. The summed E-state index contributed by atoms with van der Waals surface area (Å²) in [5.74, 6) is 0.909. The summed E-state index contributed by atoms with van der Waals surface area (Å²) >= 11 is 1.39. The van der Waals surface area contributed by atoms with Crippen LogP contribution in [0.4, 0.5) is 10.2 Å². The van der Waals surface area contributed by atoms with Crippen LogP contribution in [0.3, 0.4) is 0 Å². The molecule has 0 bridgehead atoms. The lowest BCUT2D eigenvalue weighted by molar-refractivity contribution is 0.0946. The number of hydrogen-bond donors (Lipinski definition) is 3. The van der Waals surface area contributed by atoms with Gasteiger partial charge in [0.25, 0.3) is 5.91 Å². The first-order chi connectivity index (χ1) is 16.4. The first-order valence-electron chi connectivity index (χ1n) is 10.6. The topological polar surface area (TPSA) is 107 Å². The highest BCUT2D eigenvalue weighted by atomic mass is 32.1. The molecular weight excluding hydrogens is 457 g/mol. The normalized spacial score (nSPS) is 10.9. The summed E-state index contributed by atoms with van der Waals surface area (Å²) in [7, 11) is 0. The highest BCUT2D eigenvalue weighted by Gasteiger charge is 2.17. The van der Waals surface area contributed by atoms with Crippen LogP contribution in [0.25, 0.3) is 10.1 Å². The highest BCUT2D eigenvalue weighted by Crippen LogP contribution is 2.33. The number of aliphatic hydroxyl groups is 1. The van der Waals surface area contributed by atoms with Crippen LogP contribution in [-0.2, 0) is 13.2 Å². The molecule has 0 aliphatic carbocycles. The summed E-state index contributed by atoms with van der Waals surface area (Å²) in [4.78, 5) is 16.6. The number of nitrogens with zero attached hydrogens (tertiary/aromatic N) is 1. The van der Waals surface area contributed by atoms with Gasteiger partial charge in [0.15, 0.2) is 0 Å². The predicted octanol–water partition coefficient (Wildman–Crippen LogP) is 4.21. The number of aromatic nitrogens is 1. The number of ether oxygens (including phenoxy) is 2. The number of pyridine rings is 1. The Morgan fingerprint density at radius 2 is 1.94 bits per heavy atom. The summed E-state index contributed by atoms with van der Waals surface area (Å²) in [6.07, 6.45) is 1.44. The van der Waals surface area contributed by atoms with Crippen molar-refractivity contribution in [3.63, 3.8) is 0 Å². The molecule has 0 unspecified atom stereocenters. The maximum absolute atomic E-state index is 13.4. The lowest BCUT2D eigenvalue weighted by Crippen LogP contribution is -2.26. The van der Waals surface area contributed by atoms with E-state index in [2.05, 4.69) is 10.3 Å². The average molecular weight is 482 g/mol. The average Bonchev–Trinajstić information content (AvgIpc) is 3.25. The van der Waals surface area contributed by atoms with Gasteiger partial charge < -0.3 is 25.6 Å². The number of thiophene rings is 1. The first kappa shape index (κ1) is 23.5. The Hall–Kier alpha value is -3.69. The third kappa shape index (κ3) is 5.44. The minimum atomic E-state index is -0.320. The zero-order valence-corrected chi connectivity index (χ0v) is 19.3. The van der Waals surface area contributed by atoms with E-state index in [0.29, 0.717) is 33.0 Å². The van der Waals surface area contributed by atoms with Crippen molar-refractivity contribution in [1.82, 2.24) is 10.3 Å². The molecule has 0 atom stereocenters. The van der Waals surface area contributed by atoms with E-state index in [-0.39, 0.29) is 38.1 Å². The zero-order valence-electron chi connectivity index (χ0n) is 18.5. The molecule has 176 valence electrons. The van der Waals surface area contributed by atoms with Crippen LogP contribution in [0.1, 0.15) is 27.0 Å². The number of benzene rings is 2. The molecule has 4 rings (SSSR count). The molecule has 9 heteroatoms. The molecule has 1 amide bonds. The van der Waals surface area contributed by atoms with Crippen molar-refractivity contribution >= 4 is 33.1 Å². The standard InChI is InChI=1S/C25H24FN3O4S/c1-15-7-19(32-12-16-3-2-4-18(26)9-16)10-20(8-15)33-13-17-14-34-23-21(25(31)28-5-6-30)11-29-24(27)22(17)23/h2-4,7-11,14,30H,5-6,12-13H2,1H3,(H2,27,29)(H,28,31). The number of nitrogens with two attached hydrogens (primary N) is 1. The van der Waals surface area contributed by atoms with Gasteiger partial charge in [0.05, 0.1) is 16.9 Å². The van der Waals surface area contributed by atoms with Gasteiger partial charge >= 0.3 is 0 Å². The summed E-state index contributed by atoms with van der Waals surface area (Å²) in [6.45, 7) is 2.40. The summed E-state index contributed by atoms with van der Waals surface area (Å²) in [5, 5.41) is 14.2. The van der Waals surface area contributed by atoms with Crippen molar-refractivity contribution in [2.24, 2.45) is 0 Å². The van der Waals surface area contributed by atoms with Crippen LogP contribution in [0.2, 0.25) is 0 Å². The second-order valence-electron chi connectivity index (χ2n) is 7.69. The van der Waals surface area contributed by atoms with Crippen LogP contribution in [0.15, 0.2) is 54.0 Å². The number of amides is 1. The minimum absolute atomic E-state index is 0.148. The number of anilines is 1. The maximum Gasteiger partial charge on any atom is 0.254 e. The Bertz CT molecular complexity index is 1330. The van der Waals surface area contributed by atoms with Crippen molar-refractivity contribution in [3.05, 3.63) is 82.1 Å². The van der Waals surface area contributed by atoms with Crippen molar-refractivity contribution < 1.29 is 23.8 Å². The van der Waals surface area contributed by atoms with Crippen LogP contribution >= 0.6 is 11.3 Å². The molecule has 34 heavy (non-hydrogen) atoms. The lowest BCUT2D eigenvalue weighted by Gasteiger charge is -2.12. The van der Waals surface area contributed by atoms with Crippen LogP contribution in [0, 0.1) is 12.7 Å². The quantitative estimate of drug-likeness (QED) is 0.331. The fourth-order valence-electron chi connectivity index (χ4n) is 3.50. The van der Waals surface area contributed by atoms with Gasteiger partial charge in [0, 0.05) is 29.8 Å². The fourth-order valence-corrected chi connectivity index (χ4v) is 4.57. The van der Waals surface area contributed by atoms with E-state index in [1.165, 1.54) is 29.7 Å². The van der Waals surface area contributed by atoms with E-state index in [0.717, 1.165) is 16.7 Å². The van der Waals surface area contributed by atoms with Gasteiger partial charge in [0.1, 0.15) is 36.3 Å². The summed E-state index contributed by atoms with van der Waals surface area (Å²) in [6, 6.07) is 11.8. The number of nitrogens with one attached hydrogen (secondary N) is 1. The molecule has 4 aromatic rings. The Morgan fingerprint density at radius 1 is 1.18 bits per heavy atom. The molecule has 0 spiro atoms. The number of carbonyl (C=O) groups is 1. The van der Waals surface area contributed by atoms with Crippen molar-refractivity contribution in [3.8, 4) is 11.5 Å². The zero-order chi connectivity index (χ0) is 24.1. The van der Waals surface area contributed by atoms with Crippen molar-refractivity contribution in [1.29, 1.82) is 0 Å². The predicted molar refractivity (Wildman–Crippen MR) is 130 cm³/mol. The van der Waals surface area contributed by atoms with Gasteiger partial charge in [-0.05, 0) is 47.7 Å². The molecule has 0 aliphatic heterocycles. The smallest absolute Gasteiger partial charge is 0.254 e. The number of carbonyl (C=O) groups excluding carboxylic acids is 1. The van der Waals surface area contributed by atoms with E-state index in [1.807, 2.05) is 24.4 Å². The highest BCUT2D eigenvalue weighted by molar-refractivity contribution is 7.17. The molecule has 2 heterocycles. The first-order valence-corrected chi connectivity index (χ1v) is 11.5. The molecule has 0 fully saturated rings. The maximum atomic E-state index is 13.4. The van der Waals surface area contributed by atoms with Crippen LogP contribution in [0.5, 0.6) is 11.5 Å². The Kier molecular flexibility index (Phi) is 7.24. The lowest BCUT2D eigenvalue weighted by atomic mass is 10.1. The van der Waals surface area contributed by atoms with Gasteiger partial charge in [-0.1, -0.05) is 12.1 Å². The molecule has 0 saturated heterocycles. The Morgan fingerprint density at radius 3 is 2.68 bits per heavy atom. The molecular formula is C25H24FN3O4S. The number of rotatable bonds is 9. The fraction of sp³-hybridized carbons (Fsp3) is 0.200. The van der Waals surface area contributed by atoms with E-state index >= 15 is 0 Å². The number of nitrogen functional groups attached to an aromatic ring is 1. The summed E-state index contributed by atoms with van der Waals surface area (Å²) < 4.78 is 26.0. The number of aliphatic hydroxyl groups excluding tert-OH is 1. The van der Waals surface area contributed by atoms with Gasteiger partial charge in [-0.25, -0.2) is 9.37 Å². The molecule has 0 aliphatic rings. The largest absolute Gasteiger partial charge is 0.489 e. The third-order valence-corrected chi connectivity index (χ3v) is 6.12. The second kappa shape index (κ2) is 10.5. The van der Waals surface area contributed by atoms with Crippen LogP contribution < -0.4 is 20.5 Å². The molecule has 4 N–H and O–H groups in total. The van der Waals surface area contributed by atoms with E-state index < -0.39 is 0 Å². The van der Waals surface area contributed by atoms with E-state index in [1.54, 1.807) is 18.2 Å².